The Bertz CT molecular complexity index is 559. The van der Waals surface area contributed by atoms with Crippen molar-refractivity contribution >= 4 is 11.8 Å². The molecule has 1 aromatic rings. The molecular formula is C17H27FN4O2. The molecule has 24 heavy (non-hydrogen) atoms. The first-order valence-electron chi connectivity index (χ1n) is 8.28. The van der Waals surface area contributed by atoms with Gasteiger partial charge in [0.25, 0.3) is 0 Å². The highest BCUT2D eigenvalue weighted by atomic mass is 19.1. The van der Waals surface area contributed by atoms with Crippen LogP contribution < -0.4 is 10.2 Å². The highest BCUT2D eigenvalue weighted by Crippen LogP contribution is 2.18. The number of aromatic nitrogens is 1. The molecule has 1 saturated heterocycles. The molecule has 1 unspecified atom stereocenters. The van der Waals surface area contributed by atoms with Gasteiger partial charge >= 0.3 is 6.03 Å². The number of methoxy groups -OCH3 is 1. The van der Waals surface area contributed by atoms with Crippen LogP contribution in [0.2, 0.25) is 0 Å². The van der Waals surface area contributed by atoms with Gasteiger partial charge in [0.1, 0.15) is 0 Å². The number of ether oxygens (including phenoxy) is 1. The molecular weight excluding hydrogens is 311 g/mol. The van der Waals surface area contributed by atoms with Crippen molar-refractivity contribution in [2.75, 3.05) is 38.2 Å². The number of carbonyl (C=O) groups excluding carboxylic acids is 1. The van der Waals surface area contributed by atoms with E-state index in [-0.39, 0.29) is 23.5 Å². The maximum atomic E-state index is 13.8. The second-order valence-electron chi connectivity index (χ2n) is 6.80. The van der Waals surface area contributed by atoms with Gasteiger partial charge in [-0.3, -0.25) is 0 Å². The summed E-state index contributed by atoms with van der Waals surface area (Å²) in [7, 11) is 1.67. The molecule has 1 aliphatic rings. The van der Waals surface area contributed by atoms with E-state index in [1.807, 2.05) is 25.7 Å². The van der Waals surface area contributed by atoms with E-state index >= 15 is 0 Å². The third-order valence-corrected chi connectivity index (χ3v) is 4.33. The summed E-state index contributed by atoms with van der Waals surface area (Å²) >= 11 is 0. The first-order valence-corrected chi connectivity index (χ1v) is 8.28. The van der Waals surface area contributed by atoms with Crippen molar-refractivity contribution in [3.05, 3.63) is 24.1 Å². The molecule has 2 rings (SSSR count). The lowest BCUT2D eigenvalue weighted by atomic mass is 10.00. The van der Waals surface area contributed by atoms with Gasteiger partial charge in [0.15, 0.2) is 11.6 Å². The first kappa shape index (κ1) is 18.4. The maximum absolute atomic E-state index is 13.8. The predicted molar refractivity (Wildman–Crippen MR) is 91.7 cm³/mol. The van der Waals surface area contributed by atoms with E-state index < -0.39 is 0 Å². The van der Waals surface area contributed by atoms with E-state index in [4.69, 9.17) is 4.74 Å². The van der Waals surface area contributed by atoms with Crippen molar-refractivity contribution in [3.8, 4) is 0 Å². The molecule has 0 bridgehead atoms. The van der Waals surface area contributed by atoms with Crippen LogP contribution in [0.25, 0.3) is 0 Å². The average Bonchev–Trinajstić information content (AvgIpc) is 2.55. The van der Waals surface area contributed by atoms with Crippen LogP contribution in [-0.2, 0) is 4.74 Å². The number of carbonyl (C=O) groups is 1. The number of pyridine rings is 1. The number of hydrogen-bond donors (Lipinski definition) is 1. The fraction of sp³-hybridized carbons (Fsp3) is 0.647. The Morgan fingerprint density at radius 2 is 2.08 bits per heavy atom. The molecule has 1 aromatic heterocycles. The molecule has 1 aliphatic heterocycles. The molecule has 1 atom stereocenters. The summed E-state index contributed by atoms with van der Waals surface area (Å²) in [4.78, 5) is 20.1. The van der Waals surface area contributed by atoms with Crippen LogP contribution in [0.1, 0.15) is 27.2 Å². The molecule has 2 heterocycles. The van der Waals surface area contributed by atoms with Gasteiger partial charge in [-0.25, -0.2) is 14.2 Å². The Balaban J connectivity index is 1.83. The largest absolute Gasteiger partial charge is 0.379 e. The van der Waals surface area contributed by atoms with Gasteiger partial charge in [0.2, 0.25) is 0 Å². The van der Waals surface area contributed by atoms with E-state index in [1.165, 1.54) is 6.07 Å². The minimum Gasteiger partial charge on any atom is -0.379 e. The molecule has 0 saturated carbocycles. The van der Waals surface area contributed by atoms with E-state index in [2.05, 4.69) is 10.3 Å². The zero-order valence-corrected chi connectivity index (χ0v) is 14.9. The summed E-state index contributed by atoms with van der Waals surface area (Å²) in [6, 6.07) is 2.90. The lowest BCUT2D eigenvalue weighted by Gasteiger charge is -2.36. The number of nitrogens with one attached hydrogen (secondary N) is 1. The van der Waals surface area contributed by atoms with Crippen molar-refractivity contribution in [2.45, 2.75) is 38.8 Å². The van der Waals surface area contributed by atoms with Crippen molar-refractivity contribution < 1.29 is 13.9 Å². The Hall–Kier alpha value is -1.89. The van der Waals surface area contributed by atoms with Crippen LogP contribution in [0, 0.1) is 5.82 Å². The number of anilines is 1. The lowest BCUT2D eigenvalue weighted by Crippen LogP contribution is -2.54. The standard InChI is InChI=1S/C17H27FN4O2/c1-13(12-17(2,3)24-4)20-16(23)22-10-8-21(9-11-22)15-14(18)6-5-7-19-15/h5-7,13H,8-12H2,1-4H3,(H,20,23). The third-order valence-electron chi connectivity index (χ3n) is 4.33. The quantitative estimate of drug-likeness (QED) is 0.895. The minimum absolute atomic E-state index is 0.0127. The molecule has 0 aliphatic carbocycles. The van der Waals surface area contributed by atoms with Crippen LogP contribution in [0.4, 0.5) is 15.0 Å². The van der Waals surface area contributed by atoms with Crippen molar-refractivity contribution in [1.82, 2.24) is 15.2 Å². The Kier molecular flexibility index (Phi) is 5.99. The van der Waals surface area contributed by atoms with Gasteiger partial charge in [-0.05, 0) is 39.3 Å². The Morgan fingerprint density at radius 3 is 2.67 bits per heavy atom. The van der Waals surface area contributed by atoms with Crippen molar-refractivity contribution in [3.63, 3.8) is 0 Å². The Labute approximate surface area is 143 Å². The average molecular weight is 338 g/mol. The summed E-state index contributed by atoms with van der Waals surface area (Å²) in [6.07, 6.45) is 2.31. The van der Waals surface area contributed by atoms with Gasteiger partial charge in [-0.15, -0.1) is 0 Å². The van der Waals surface area contributed by atoms with Gasteiger partial charge in [0.05, 0.1) is 5.60 Å². The van der Waals surface area contributed by atoms with Crippen LogP contribution in [-0.4, -0.2) is 60.8 Å². The number of hydrogen-bond acceptors (Lipinski definition) is 4. The van der Waals surface area contributed by atoms with Gasteiger partial charge in [-0.1, -0.05) is 0 Å². The van der Waals surface area contributed by atoms with Crippen LogP contribution in [0.5, 0.6) is 0 Å². The smallest absolute Gasteiger partial charge is 0.317 e. The number of piperazine rings is 1. The van der Waals surface area contributed by atoms with Gasteiger partial charge < -0.3 is 19.9 Å². The highest BCUT2D eigenvalue weighted by Gasteiger charge is 2.26. The SMILES string of the molecule is COC(C)(C)CC(C)NC(=O)N1CCN(c2ncccc2F)CC1. The molecule has 1 N–H and O–H groups in total. The van der Waals surface area contributed by atoms with Crippen LogP contribution in [0.15, 0.2) is 18.3 Å². The van der Waals surface area contributed by atoms with Gasteiger partial charge in [0, 0.05) is 45.5 Å². The normalized spacial score (nSPS) is 16.9. The number of halogens is 1. The first-order chi connectivity index (χ1) is 11.3. The number of amides is 2. The summed E-state index contributed by atoms with van der Waals surface area (Å²) in [6.45, 7) is 8.19. The molecule has 0 aromatic carbocycles. The lowest BCUT2D eigenvalue weighted by molar-refractivity contribution is 0.00913. The van der Waals surface area contributed by atoms with E-state index in [0.29, 0.717) is 32.0 Å². The molecule has 0 spiro atoms. The second-order valence-corrected chi connectivity index (χ2v) is 6.80. The molecule has 134 valence electrons. The molecule has 0 radical (unpaired) electrons. The Morgan fingerprint density at radius 1 is 1.42 bits per heavy atom. The number of urea groups is 1. The van der Waals surface area contributed by atoms with Crippen LogP contribution in [0.3, 0.4) is 0 Å². The highest BCUT2D eigenvalue weighted by molar-refractivity contribution is 5.74. The molecule has 1 fully saturated rings. The predicted octanol–water partition coefficient (Wildman–Crippen LogP) is 2.26. The molecule has 6 nitrogen and oxygen atoms in total. The zero-order chi connectivity index (χ0) is 17.7. The summed E-state index contributed by atoms with van der Waals surface area (Å²) in [5, 5.41) is 3.00. The van der Waals surface area contributed by atoms with E-state index in [9.17, 15) is 9.18 Å². The number of nitrogens with zero attached hydrogens (tertiary/aromatic N) is 3. The summed E-state index contributed by atoms with van der Waals surface area (Å²) in [5.74, 6) is 0.0265. The van der Waals surface area contributed by atoms with E-state index in [0.717, 1.165) is 6.42 Å². The summed E-state index contributed by atoms with van der Waals surface area (Å²) < 4.78 is 19.2. The third kappa shape index (κ3) is 4.80. The van der Waals surface area contributed by atoms with E-state index in [1.54, 1.807) is 24.3 Å². The fourth-order valence-electron chi connectivity index (χ4n) is 2.91. The van der Waals surface area contributed by atoms with Crippen LogP contribution >= 0.6 is 0 Å². The minimum atomic E-state index is -0.328. The zero-order valence-electron chi connectivity index (χ0n) is 14.9. The monoisotopic (exact) mass is 338 g/mol. The van der Waals surface area contributed by atoms with Crippen molar-refractivity contribution in [2.24, 2.45) is 0 Å². The topological polar surface area (TPSA) is 57.7 Å². The number of rotatable bonds is 5. The van der Waals surface area contributed by atoms with Crippen molar-refractivity contribution in [1.29, 1.82) is 0 Å². The summed E-state index contributed by atoms with van der Waals surface area (Å²) in [5.41, 5.74) is -0.276. The molecule has 7 heteroatoms. The fourth-order valence-corrected chi connectivity index (χ4v) is 2.91. The second kappa shape index (κ2) is 7.79. The van der Waals surface area contributed by atoms with Gasteiger partial charge in [-0.2, -0.15) is 0 Å². The maximum Gasteiger partial charge on any atom is 0.317 e. The molecule has 2 amide bonds.